The molecule has 6 nitrogen and oxygen atoms in total. The number of β-amino-alcohol motifs (C(OH)–C–C–N with tert-alkyl or cyclic N) is 1. The summed E-state index contributed by atoms with van der Waals surface area (Å²) < 4.78 is 0. The molecule has 1 aliphatic rings. The fourth-order valence-corrected chi connectivity index (χ4v) is 2.09. The van der Waals surface area contributed by atoms with Crippen LogP contribution in [0.1, 0.15) is 5.69 Å². The van der Waals surface area contributed by atoms with E-state index in [1.807, 2.05) is 0 Å². The predicted octanol–water partition coefficient (Wildman–Crippen LogP) is -0.950. The van der Waals surface area contributed by atoms with Gasteiger partial charge in [0.1, 0.15) is 0 Å². The summed E-state index contributed by atoms with van der Waals surface area (Å²) in [5, 5.41) is 8.89. The van der Waals surface area contributed by atoms with Gasteiger partial charge in [-0.3, -0.25) is 9.88 Å². The van der Waals surface area contributed by atoms with E-state index in [1.54, 1.807) is 12.4 Å². The number of nitrogens with zero attached hydrogens (tertiary/aromatic N) is 4. The van der Waals surface area contributed by atoms with Crippen molar-refractivity contribution >= 4 is 5.82 Å². The summed E-state index contributed by atoms with van der Waals surface area (Å²) >= 11 is 0. The maximum atomic E-state index is 8.89. The van der Waals surface area contributed by atoms with Gasteiger partial charge in [0.15, 0.2) is 5.82 Å². The summed E-state index contributed by atoms with van der Waals surface area (Å²) in [7, 11) is 0. The van der Waals surface area contributed by atoms with Crippen molar-refractivity contribution in [3.05, 3.63) is 18.1 Å². The van der Waals surface area contributed by atoms with Crippen LogP contribution in [0.3, 0.4) is 0 Å². The maximum Gasteiger partial charge on any atom is 0.151 e. The average molecular weight is 237 g/mol. The SMILES string of the molecule is NCc1nccnc1N1CCN(CCO)CC1. The highest BCUT2D eigenvalue weighted by atomic mass is 16.3. The molecule has 0 bridgehead atoms. The Labute approximate surface area is 101 Å². The second-order valence-electron chi connectivity index (χ2n) is 4.08. The molecular formula is C11H19N5O. The van der Waals surface area contributed by atoms with Gasteiger partial charge in [0.25, 0.3) is 0 Å². The van der Waals surface area contributed by atoms with Crippen LogP contribution in [0.2, 0.25) is 0 Å². The van der Waals surface area contributed by atoms with Crippen LogP contribution in [0.5, 0.6) is 0 Å². The van der Waals surface area contributed by atoms with Crippen molar-refractivity contribution in [2.45, 2.75) is 6.54 Å². The van der Waals surface area contributed by atoms with Crippen molar-refractivity contribution in [3.63, 3.8) is 0 Å². The number of aliphatic hydroxyl groups excluding tert-OH is 1. The molecule has 3 N–H and O–H groups in total. The molecule has 1 fully saturated rings. The van der Waals surface area contributed by atoms with Crippen molar-refractivity contribution in [2.24, 2.45) is 5.73 Å². The standard InChI is InChI=1S/C11H19N5O/c12-9-10-11(14-2-1-13-10)16-5-3-15(4-6-16)7-8-17/h1-2,17H,3-9,12H2. The molecule has 17 heavy (non-hydrogen) atoms. The van der Waals surface area contributed by atoms with Crippen LogP contribution in [0.15, 0.2) is 12.4 Å². The molecule has 0 aromatic carbocycles. The fourth-order valence-electron chi connectivity index (χ4n) is 2.09. The van der Waals surface area contributed by atoms with Gasteiger partial charge < -0.3 is 15.7 Å². The largest absolute Gasteiger partial charge is 0.395 e. The lowest BCUT2D eigenvalue weighted by atomic mass is 10.3. The molecular weight excluding hydrogens is 218 g/mol. The van der Waals surface area contributed by atoms with E-state index in [4.69, 9.17) is 10.8 Å². The normalized spacial score (nSPS) is 17.4. The van der Waals surface area contributed by atoms with Gasteiger partial charge in [0.2, 0.25) is 0 Å². The van der Waals surface area contributed by atoms with E-state index in [0.29, 0.717) is 6.54 Å². The zero-order chi connectivity index (χ0) is 12.1. The number of anilines is 1. The smallest absolute Gasteiger partial charge is 0.151 e. The predicted molar refractivity (Wildman–Crippen MR) is 65.7 cm³/mol. The fraction of sp³-hybridized carbons (Fsp3) is 0.636. The summed E-state index contributed by atoms with van der Waals surface area (Å²) in [6.07, 6.45) is 3.38. The Morgan fingerprint density at radius 2 is 1.88 bits per heavy atom. The minimum absolute atomic E-state index is 0.221. The maximum absolute atomic E-state index is 8.89. The Hall–Kier alpha value is -1.24. The Kier molecular flexibility index (Phi) is 4.24. The molecule has 1 aliphatic heterocycles. The zero-order valence-electron chi connectivity index (χ0n) is 9.92. The highest BCUT2D eigenvalue weighted by molar-refractivity contribution is 5.43. The van der Waals surface area contributed by atoms with E-state index in [0.717, 1.165) is 44.2 Å². The number of hydrogen-bond donors (Lipinski definition) is 2. The first-order valence-electron chi connectivity index (χ1n) is 5.93. The average Bonchev–Trinajstić information content (AvgIpc) is 2.40. The first kappa shape index (κ1) is 12.2. The highest BCUT2D eigenvalue weighted by Gasteiger charge is 2.19. The van der Waals surface area contributed by atoms with Crippen LogP contribution in [-0.2, 0) is 6.54 Å². The Morgan fingerprint density at radius 3 is 2.53 bits per heavy atom. The summed E-state index contributed by atoms with van der Waals surface area (Å²) in [4.78, 5) is 13.1. The summed E-state index contributed by atoms with van der Waals surface area (Å²) in [5.41, 5.74) is 6.51. The minimum atomic E-state index is 0.221. The third-order valence-corrected chi connectivity index (χ3v) is 3.03. The van der Waals surface area contributed by atoms with E-state index in [1.165, 1.54) is 0 Å². The highest BCUT2D eigenvalue weighted by Crippen LogP contribution is 2.16. The Bertz CT molecular complexity index is 351. The second-order valence-corrected chi connectivity index (χ2v) is 4.08. The van der Waals surface area contributed by atoms with E-state index in [9.17, 15) is 0 Å². The molecule has 94 valence electrons. The lowest BCUT2D eigenvalue weighted by molar-refractivity contribution is 0.188. The van der Waals surface area contributed by atoms with Crippen LogP contribution in [-0.4, -0.2) is 59.3 Å². The molecule has 2 heterocycles. The molecule has 1 aromatic heterocycles. The molecule has 0 aliphatic carbocycles. The Morgan fingerprint density at radius 1 is 1.18 bits per heavy atom. The van der Waals surface area contributed by atoms with E-state index in [-0.39, 0.29) is 6.61 Å². The van der Waals surface area contributed by atoms with Gasteiger partial charge >= 0.3 is 0 Å². The van der Waals surface area contributed by atoms with Crippen LogP contribution in [0.25, 0.3) is 0 Å². The molecule has 0 spiro atoms. The molecule has 1 saturated heterocycles. The summed E-state index contributed by atoms with van der Waals surface area (Å²) in [5.74, 6) is 0.902. The molecule has 0 radical (unpaired) electrons. The van der Waals surface area contributed by atoms with Crippen molar-refractivity contribution in [3.8, 4) is 0 Å². The number of rotatable bonds is 4. The van der Waals surface area contributed by atoms with Crippen molar-refractivity contribution in [1.29, 1.82) is 0 Å². The van der Waals surface area contributed by atoms with Gasteiger partial charge in [-0.2, -0.15) is 0 Å². The summed E-state index contributed by atoms with van der Waals surface area (Å²) in [6, 6.07) is 0. The van der Waals surface area contributed by atoms with Gasteiger partial charge in [0.05, 0.1) is 12.3 Å². The molecule has 1 aromatic rings. The van der Waals surface area contributed by atoms with Gasteiger partial charge in [-0.25, -0.2) is 4.98 Å². The van der Waals surface area contributed by atoms with Gasteiger partial charge in [-0.1, -0.05) is 0 Å². The molecule has 0 atom stereocenters. The van der Waals surface area contributed by atoms with E-state index >= 15 is 0 Å². The van der Waals surface area contributed by atoms with Crippen LogP contribution in [0, 0.1) is 0 Å². The first-order chi connectivity index (χ1) is 8.35. The number of hydrogen-bond acceptors (Lipinski definition) is 6. The topological polar surface area (TPSA) is 78.5 Å². The Balaban J connectivity index is 2.00. The van der Waals surface area contributed by atoms with E-state index in [2.05, 4.69) is 19.8 Å². The first-order valence-corrected chi connectivity index (χ1v) is 5.93. The minimum Gasteiger partial charge on any atom is -0.395 e. The van der Waals surface area contributed by atoms with Crippen LogP contribution >= 0.6 is 0 Å². The molecule has 6 heteroatoms. The number of aliphatic hydroxyl groups is 1. The molecule has 0 unspecified atom stereocenters. The van der Waals surface area contributed by atoms with E-state index < -0.39 is 0 Å². The lowest BCUT2D eigenvalue weighted by Gasteiger charge is -2.35. The third kappa shape index (κ3) is 2.91. The van der Waals surface area contributed by atoms with Gasteiger partial charge in [-0.15, -0.1) is 0 Å². The van der Waals surface area contributed by atoms with Crippen molar-refractivity contribution in [2.75, 3.05) is 44.2 Å². The van der Waals surface area contributed by atoms with Crippen molar-refractivity contribution in [1.82, 2.24) is 14.9 Å². The second kappa shape index (κ2) is 5.90. The third-order valence-electron chi connectivity index (χ3n) is 3.03. The zero-order valence-corrected chi connectivity index (χ0v) is 9.92. The number of aromatic nitrogens is 2. The number of piperazine rings is 1. The number of nitrogens with two attached hydrogens (primary N) is 1. The van der Waals surface area contributed by atoms with Crippen LogP contribution < -0.4 is 10.6 Å². The van der Waals surface area contributed by atoms with Crippen molar-refractivity contribution < 1.29 is 5.11 Å². The molecule has 0 saturated carbocycles. The van der Waals surface area contributed by atoms with Gasteiger partial charge in [0, 0.05) is 51.7 Å². The monoisotopic (exact) mass is 237 g/mol. The summed E-state index contributed by atoms with van der Waals surface area (Å²) in [6.45, 7) is 5.09. The molecule has 0 amide bonds. The quantitative estimate of drug-likeness (QED) is 0.703. The lowest BCUT2D eigenvalue weighted by Crippen LogP contribution is -2.47. The molecule has 2 rings (SSSR count). The van der Waals surface area contributed by atoms with Gasteiger partial charge in [-0.05, 0) is 0 Å². The van der Waals surface area contributed by atoms with Crippen LogP contribution in [0.4, 0.5) is 5.82 Å².